The Bertz CT molecular complexity index is 760. The fourth-order valence-electron chi connectivity index (χ4n) is 3.34. The average Bonchev–Trinajstić information content (AvgIpc) is 2.84. The summed E-state index contributed by atoms with van der Waals surface area (Å²) in [5.41, 5.74) is 0.0363. The second-order valence-corrected chi connectivity index (χ2v) is 6.87. The number of halogens is 4. The minimum Gasteiger partial charge on any atom is -0.353 e. The number of nitrogens with one attached hydrogen (secondary N) is 1. The van der Waals surface area contributed by atoms with Crippen LogP contribution in [0.25, 0.3) is 10.9 Å². The van der Waals surface area contributed by atoms with E-state index in [0.717, 1.165) is 25.9 Å². The molecule has 8 heteroatoms. The normalized spacial score (nSPS) is 24.3. The predicted molar refractivity (Wildman–Crippen MR) is 84.3 cm³/mol. The molecule has 2 aromatic rings. The largest absolute Gasteiger partial charge is 0.353 e. The number of benzene rings is 1. The molecule has 2 bridgehead atoms. The Kier molecular flexibility index (Phi) is 3.47. The Balaban J connectivity index is 1.90. The standard InChI is InChI=1S/C14H12BrClF2N4/c15-10-9(17)3-8-12(11(10)18)20-14(16)21-13(8)22-4-6-1-2-7(5-22)19-6/h3,6-7,19H,1-2,4-5H2/t6-,7+. The quantitative estimate of drug-likeness (QED) is 0.600. The first-order chi connectivity index (χ1) is 10.5. The van der Waals surface area contributed by atoms with E-state index in [1.807, 2.05) is 4.90 Å². The van der Waals surface area contributed by atoms with E-state index in [-0.39, 0.29) is 15.3 Å². The van der Waals surface area contributed by atoms with Crippen LogP contribution < -0.4 is 10.2 Å². The van der Waals surface area contributed by atoms with Gasteiger partial charge in [-0.1, -0.05) is 0 Å². The van der Waals surface area contributed by atoms with Gasteiger partial charge in [0.1, 0.15) is 17.2 Å². The van der Waals surface area contributed by atoms with E-state index < -0.39 is 11.6 Å². The molecule has 2 fully saturated rings. The number of hydrogen-bond acceptors (Lipinski definition) is 4. The maximum atomic E-state index is 14.3. The van der Waals surface area contributed by atoms with Crippen molar-refractivity contribution in [2.24, 2.45) is 0 Å². The van der Waals surface area contributed by atoms with Crippen molar-refractivity contribution in [1.29, 1.82) is 0 Å². The smallest absolute Gasteiger partial charge is 0.225 e. The fourth-order valence-corrected chi connectivity index (χ4v) is 3.81. The maximum absolute atomic E-state index is 14.3. The molecule has 0 amide bonds. The molecule has 4 nitrogen and oxygen atoms in total. The summed E-state index contributed by atoms with van der Waals surface area (Å²) in [6.07, 6.45) is 2.21. The van der Waals surface area contributed by atoms with Crippen LogP contribution in [0.2, 0.25) is 5.28 Å². The number of piperazine rings is 1. The van der Waals surface area contributed by atoms with Crippen LogP contribution in [0, 0.1) is 11.6 Å². The monoisotopic (exact) mass is 388 g/mol. The second kappa shape index (κ2) is 5.25. The lowest BCUT2D eigenvalue weighted by atomic mass is 10.1. The molecule has 2 saturated heterocycles. The summed E-state index contributed by atoms with van der Waals surface area (Å²) >= 11 is 8.85. The molecule has 0 aliphatic carbocycles. The average molecular weight is 390 g/mol. The van der Waals surface area contributed by atoms with Gasteiger partial charge in [-0.2, -0.15) is 4.98 Å². The summed E-state index contributed by atoms with van der Waals surface area (Å²) in [5, 5.41) is 3.83. The molecule has 2 atom stereocenters. The van der Waals surface area contributed by atoms with E-state index in [0.29, 0.717) is 23.3 Å². The summed E-state index contributed by atoms with van der Waals surface area (Å²) in [4.78, 5) is 10.2. The highest BCUT2D eigenvalue weighted by molar-refractivity contribution is 9.10. The van der Waals surface area contributed by atoms with Gasteiger partial charge in [0.05, 0.1) is 4.47 Å². The van der Waals surface area contributed by atoms with Crippen molar-refractivity contribution < 1.29 is 8.78 Å². The van der Waals surface area contributed by atoms with E-state index in [1.54, 1.807) is 0 Å². The lowest BCUT2D eigenvalue weighted by Gasteiger charge is -2.34. The summed E-state index contributed by atoms with van der Waals surface area (Å²) in [6, 6.07) is 2.03. The Labute approximate surface area is 139 Å². The number of anilines is 1. The molecule has 0 saturated carbocycles. The van der Waals surface area contributed by atoms with Crippen molar-refractivity contribution >= 4 is 44.3 Å². The van der Waals surface area contributed by atoms with Crippen molar-refractivity contribution in [2.45, 2.75) is 24.9 Å². The molecule has 0 radical (unpaired) electrons. The first kappa shape index (κ1) is 14.5. The second-order valence-electron chi connectivity index (χ2n) is 5.74. The van der Waals surface area contributed by atoms with Crippen molar-refractivity contribution in [3.05, 3.63) is 27.5 Å². The van der Waals surface area contributed by atoms with Crippen LogP contribution in [-0.4, -0.2) is 35.1 Å². The summed E-state index contributed by atoms with van der Waals surface area (Å²) < 4.78 is 28.0. The summed E-state index contributed by atoms with van der Waals surface area (Å²) in [5.74, 6) is -0.923. The molecule has 1 aromatic heterocycles. The van der Waals surface area contributed by atoms with Crippen molar-refractivity contribution in [2.75, 3.05) is 18.0 Å². The van der Waals surface area contributed by atoms with Crippen LogP contribution in [0.1, 0.15) is 12.8 Å². The molecule has 2 aliphatic heterocycles. The van der Waals surface area contributed by atoms with Gasteiger partial charge in [-0.3, -0.25) is 0 Å². The third kappa shape index (κ3) is 2.26. The fraction of sp³-hybridized carbons (Fsp3) is 0.429. The van der Waals surface area contributed by atoms with E-state index in [9.17, 15) is 8.78 Å². The zero-order chi connectivity index (χ0) is 15.4. The zero-order valence-corrected chi connectivity index (χ0v) is 13.8. The van der Waals surface area contributed by atoms with E-state index in [2.05, 4.69) is 31.2 Å². The number of nitrogens with zero attached hydrogens (tertiary/aromatic N) is 3. The van der Waals surface area contributed by atoms with E-state index in [4.69, 9.17) is 11.6 Å². The topological polar surface area (TPSA) is 41.0 Å². The van der Waals surface area contributed by atoms with E-state index in [1.165, 1.54) is 6.07 Å². The molecule has 22 heavy (non-hydrogen) atoms. The van der Waals surface area contributed by atoms with Crippen LogP contribution in [0.5, 0.6) is 0 Å². The molecule has 0 unspecified atom stereocenters. The molecular formula is C14H12BrClF2N4. The third-order valence-electron chi connectivity index (χ3n) is 4.30. The first-order valence-electron chi connectivity index (χ1n) is 7.04. The SMILES string of the molecule is Fc1cc2c(N3C[C@H]4CC[C@@H](C3)N4)nc(Cl)nc2c(F)c1Br. The van der Waals surface area contributed by atoms with Gasteiger partial charge >= 0.3 is 0 Å². The van der Waals surface area contributed by atoms with Crippen LogP contribution in [0.3, 0.4) is 0 Å². The molecule has 3 heterocycles. The van der Waals surface area contributed by atoms with Gasteiger partial charge in [0.25, 0.3) is 0 Å². The van der Waals surface area contributed by atoms with Gasteiger partial charge in [0.15, 0.2) is 5.82 Å². The van der Waals surface area contributed by atoms with Crippen LogP contribution in [0.4, 0.5) is 14.6 Å². The highest BCUT2D eigenvalue weighted by Crippen LogP contribution is 2.34. The predicted octanol–water partition coefficient (Wildman–Crippen LogP) is 3.26. The Morgan fingerprint density at radius 3 is 2.59 bits per heavy atom. The zero-order valence-electron chi connectivity index (χ0n) is 11.4. The molecule has 4 rings (SSSR count). The Hall–Kier alpha value is -1.05. The highest BCUT2D eigenvalue weighted by Gasteiger charge is 2.34. The van der Waals surface area contributed by atoms with Crippen molar-refractivity contribution in [3.63, 3.8) is 0 Å². The lowest BCUT2D eigenvalue weighted by Crippen LogP contribution is -2.51. The van der Waals surface area contributed by atoms with Gasteiger partial charge in [-0.25, -0.2) is 13.8 Å². The molecule has 2 aliphatic rings. The van der Waals surface area contributed by atoms with Crippen molar-refractivity contribution in [1.82, 2.24) is 15.3 Å². The molecule has 1 aromatic carbocycles. The maximum Gasteiger partial charge on any atom is 0.225 e. The number of fused-ring (bicyclic) bond motifs is 3. The number of aromatic nitrogens is 2. The molecule has 116 valence electrons. The minimum absolute atomic E-state index is 0.0363. The highest BCUT2D eigenvalue weighted by atomic mass is 79.9. The summed E-state index contributed by atoms with van der Waals surface area (Å²) in [7, 11) is 0. The van der Waals surface area contributed by atoms with Gasteiger partial charge in [-0.15, -0.1) is 0 Å². The summed E-state index contributed by atoms with van der Waals surface area (Å²) in [6.45, 7) is 1.50. The van der Waals surface area contributed by atoms with E-state index >= 15 is 0 Å². The third-order valence-corrected chi connectivity index (χ3v) is 5.19. The first-order valence-corrected chi connectivity index (χ1v) is 8.22. The minimum atomic E-state index is -0.751. The lowest BCUT2D eigenvalue weighted by molar-refractivity contribution is 0.464. The Morgan fingerprint density at radius 1 is 1.23 bits per heavy atom. The Morgan fingerprint density at radius 2 is 1.91 bits per heavy atom. The van der Waals surface area contributed by atoms with Crippen molar-refractivity contribution in [3.8, 4) is 0 Å². The van der Waals surface area contributed by atoms with Crippen LogP contribution in [0.15, 0.2) is 10.5 Å². The molecular weight excluding hydrogens is 378 g/mol. The number of hydrogen-bond donors (Lipinski definition) is 1. The van der Waals surface area contributed by atoms with Gasteiger partial charge in [-0.05, 0) is 46.4 Å². The molecule has 0 spiro atoms. The van der Waals surface area contributed by atoms with Crippen LogP contribution in [-0.2, 0) is 0 Å². The molecule has 1 N–H and O–H groups in total. The van der Waals surface area contributed by atoms with Gasteiger partial charge in [0.2, 0.25) is 5.28 Å². The van der Waals surface area contributed by atoms with Crippen LogP contribution >= 0.6 is 27.5 Å². The number of rotatable bonds is 1. The van der Waals surface area contributed by atoms with Gasteiger partial charge in [0, 0.05) is 30.6 Å². The van der Waals surface area contributed by atoms with Gasteiger partial charge < -0.3 is 10.2 Å².